The zero-order valence-corrected chi connectivity index (χ0v) is 9.96. The van der Waals surface area contributed by atoms with E-state index in [2.05, 4.69) is 12.2 Å². The highest BCUT2D eigenvalue weighted by molar-refractivity contribution is 6.30. The molecule has 0 fully saturated rings. The van der Waals surface area contributed by atoms with Crippen molar-refractivity contribution in [3.63, 3.8) is 0 Å². The molecule has 0 amide bonds. The van der Waals surface area contributed by atoms with Gasteiger partial charge in [0.15, 0.2) is 0 Å². The van der Waals surface area contributed by atoms with Gasteiger partial charge in [0.05, 0.1) is 4.92 Å². The lowest BCUT2D eigenvalue weighted by molar-refractivity contribution is -0.385. The fraction of sp³-hybridized carbons (Fsp3) is 0.455. The van der Waals surface area contributed by atoms with E-state index in [4.69, 9.17) is 11.6 Å². The summed E-state index contributed by atoms with van der Waals surface area (Å²) in [6.45, 7) is 3.48. The average Bonchev–Trinajstić information content (AvgIpc) is 2.26. The third kappa shape index (κ3) is 3.79. The van der Waals surface area contributed by atoms with E-state index in [-0.39, 0.29) is 5.69 Å². The molecule has 0 bridgehead atoms. The molecule has 0 aliphatic heterocycles. The fourth-order valence-corrected chi connectivity index (χ4v) is 1.55. The number of unbranched alkanes of at least 4 members (excludes halogenated alkanes) is 1. The van der Waals surface area contributed by atoms with Crippen LogP contribution < -0.4 is 5.32 Å². The first kappa shape index (κ1) is 12.9. The van der Waals surface area contributed by atoms with Crippen LogP contribution in [-0.2, 0) is 6.54 Å². The lowest BCUT2D eigenvalue weighted by atomic mass is 10.2. The van der Waals surface area contributed by atoms with Gasteiger partial charge in [0.25, 0.3) is 5.69 Å². The van der Waals surface area contributed by atoms with Crippen LogP contribution in [0, 0.1) is 10.1 Å². The van der Waals surface area contributed by atoms with E-state index in [9.17, 15) is 10.1 Å². The van der Waals surface area contributed by atoms with Crippen LogP contribution in [0.15, 0.2) is 18.2 Å². The normalized spacial score (nSPS) is 10.4. The Labute approximate surface area is 99.8 Å². The number of nitrogens with zero attached hydrogens (tertiary/aromatic N) is 1. The van der Waals surface area contributed by atoms with Crippen LogP contribution in [0.5, 0.6) is 0 Å². The molecule has 0 atom stereocenters. The number of nitro groups is 1. The van der Waals surface area contributed by atoms with Crippen molar-refractivity contribution in [1.29, 1.82) is 0 Å². The first-order chi connectivity index (χ1) is 7.65. The van der Waals surface area contributed by atoms with Crippen LogP contribution in [0.1, 0.15) is 25.3 Å². The summed E-state index contributed by atoms with van der Waals surface area (Å²) >= 11 is 5.72. The second kappa shape index (κ2) is 6.45. The van der Waals surface area contributed by atoms with Gasteiger partial charge in [0.2, 0.25) is 0 Å². The smallest absolute Gasteiger partial charge is 0.275 e. The number of halogens is 1. The van der Waals surface area contributed by atoms with Crippen molar-refractivity contribution in [1.82, 2.24) is 5.32 Å². The van der Waals surface area contributed by atoms with Gasteiger partial charge < -0.3 is 5.32 Å². The molecule has 0 saturated carbocycles. The molecule has 0 heterocycles. The standard InChI is InChI=1S/C11H15ClN2O2/c1-2-3-6-13-8-9-4-5-10(12)7-11(9)14(15)16/h4-5,7,13H,2-3,6,8H2,1H3. The molecular formula is C11H15ClN2O2. The minimum Gasteiger partial charge on any atom is -0.312 e. The Hall–Kier alpha value is -1.13. The van der Waals surface area contributed by atoms with E-state index in [0.29, 0.717) is 17.1 Å². The van der Waals surface area contributed by atoms with E-state index in [1.54, 1.807) is 12.1 Å². The molecule has 1 N–H and O–H groups in total. The third-order valence-electron chi connectivity index (χ3n) is 2.27. The van der Waals surface area contributed by atoms with Crippen LogP contribution in [0.3, 0.4) is 0 Å². The molecule has 0 aliphatic rings. The Morgan fingerprint density at radius 3 is 2.88 bits per heavy atom. The van der Waals surface area contributed by atoms with E-state index in [0.717, 1.165) is 19.4 Å². The van der Waals surface area contributed by atoms with E-state index in [1.807, 2.05) is 0 Å². The monoisotopic (exact) mass is 242 g/mol. The zero-order chi connectivity index (χ0) is 12.0. The molecule has 88 valence electrons. The number of nitro benzene ring substituents is 1. The first-order valence-corrected chi connectivity index (χ1v) is 5.66. The van der Waals surface area contributed by atoms with Crippen molar-refractivity contribution in [3.8, 4) is 0 Å². The molecule has 0 spiro atoms. The maximum Gasteiger partial charge on any atom is 0.275 e. The van der Waals surface area contributed by atoms with Crippen molar-refractivity contribution in [3.05, 3.63) is 38.9 Å². The van der Waals surface area contributed by atoms with Gasteiger partial charge in [-0.05, 0) is 25.1 Å². The molecular weight excluding hydrogens is 228 g/mol. The Bertz CT molecular complexity index is 369. The molecule has 0 radical (unpaired) electrons. The zero-order valence-electron chi connectivity index (χ0n) is 9.20. The van der Waals surface area contributed by atoms with Crippen LogP contribution in [-0.4, -0.2) is 11.5 Å². The Kier molecular flexibility index (Phi) is 5.22. The minimum absolute atomic E-state index is 0.0801. The van der Waals surface area contributed by atoms with Crippen molar-refractivity contribution >= 4 is 17.3 Å². The highest BCUT2D eigenvalue weighted by atomic mass is 35.5. The van der Waals surface area contributed by atoms with Gasteiger partial charge in [-0.15, -0.1) is 0 Å². The maximum absolute atomic E-state index is 10.8. The summed E-state index contributed by atoms with van der Waals surface area (Å²) in [7, 11) is 0. The summed E-state index contributed by atoms with van der Waals surface area (Å²) < 4.78 is 0. The quantitative estimate of drug-likeness (QED) is 0.474. The molecule has 0 aliphatic carbocycles. The predicted octanol–water partition coefficient (Wildman–Crippen LogP) is 3.14. The Morgan fingerprint density at radius 2 is 2.25 bits per heavy atom. The van der Waals surface area contributed by atoms with Gasteiger partial charge in [-0.1, -0.05) is 24.9 Å². The van der Waals surface area contributed by atoms with Crippen LogP contribution >= 0.6 is 11.6 Å². The SMILES string of the molecule is CCCCNCc1ccc(Cl)cc1[N+](=O)[O-]. The second-order valence-electron chi connectivity index (χ2n) is 3.56. The topological polar surface area (TPSA) is 55.2 Å². The lowest BCUT2D eigenvalue weighted by Crippen LogP contribution is -2.15. The Balaban J connectivity index is 2.67. The summed E-state index contributed by atoms with van der Waals surface area (Å²) in [5, 5.41) is 14.3. The number of rotatable bonds is 6. The van der Waals surface area contributed by atoms with Gasteiger partial charge in [0, 0.05) is 23.2 Å². The number of benzene rings is 1. The molecule has 1 rings (SSSR count). The Morgan fingerprint density at radius 1 is 1.50 bits per heavy atom. The van der Waals surface area contributed by atoms with Crippen LogP contribution in [0.4, 0.5) is 5.69 Å². The van der Waals surface area contributed by atoms with E-state index in [1.165, 1.54) is 6.07 Å². The molecule has 4 nitrogen and oxygen atoms in total. The minimum atomic E-state index is -0.400. The number of hydrogen-bond donors (Lipinski definition) is 1. The van der Waals surface area contributed by atoms with Gasteiger partial charge in [-0.3, -0.25) is 10.1 Å². The summed E-state index contributed by atoms with van der Waals surface area (Å²) in [6, 6.07) is 4.75. The van der Waals surface area contributed by atoms with E-state index < -0.39 is 4.92 Å². The molecule has 1 aromatic carbocycles. The van der Waals surface area contributed by atoms with Crippen molar-refractivity contribution < 1.29 is 4.92 Å². The lowest BCUT2D eigenvalue weighted by Gasteiger charge is -2.05. The molecule has 0 saturated heterocycles. The molecule has 5 heteroatoms. The summed E-state index contributed by atoms with van der Waals surface area (Å²) in [6.07, 6.45) is 2.18. The number of nitrogens with one attached hydrogen (secondary N) is 1. The number of hydrogen-bond acceptors (Lipinski definition) is 3. The summed E-state index contributed by atoms with van der Waals surface area (Å²) in [5.41, 5.74) is 0.752. The predicted molar refractivity (Wildman–Crippen MR) is 64.7 cm³/mol. The van der Waals surface area contributed by atoms with Crippen molar-refractivity contribution in [2.75, 3.05) is 6.54 Å². The molecule has 1 aromatic rings. The second-order valence-corrected chi connectivity index (χ2v) is 4.00. The highest BCUT2D eigenvalue weighted by Crippen LogP contribution is 2.22. The third-order valence-corrected chi connectivity index (χ3v) is 2.50. The van der Waals surface area contributed by atoms with Crippen LogP contribution in [0.2, 0.25) is 5.02 Å². The van der Waals surface area contributed by atoms with Crippen LogP contribution in [0.25, 0.3) is 0 Å². The largest absolute Gasteiger partial charge is 0.312 e. The maximum atomic E-state index is 10.8. The fourth-order valence-electron chi connectivity index (χ4n) is 1.38. The van der Waals surface area contributed by atoms with Crippen molar-refractivity contribution in [2.24, 2.45) is 0 Å². The molecule has 16 heavy (non-hydrogen) atoms. The summed E-state index contributed by atoms with van der Waals surface area (Å²) in [5.74, 6) is 0. The highest BCUT2D eigenvalue weighted by Gasteiger charge is 2.13. The van der Waals surface area contributed by atoms with Gasteiger partial charge in [-0.2, -0.15) is 0 Å². The van der Waals surface area contributed by atoms with Gasteiger partial charge >= 0.3 is 0 Å². The molecule has 0 aromatic heterocycles. The van der Waals surface area contributed by atoms with Gasteiger partial charge in [-0.25, -0.2) is 0 Å². The average molecular weight is 243 g/mol. The summed E-state index contributed by atoms with van der Waals surface area (Å²) in [4.78, 5) is 10.4. The molecule has 0 unspecified atom stereocenters. The van der Waals surface area contributed by atoms with E-state index >= 15 is 0 Å². The van der Waals surface area contributed by atoms with Gasteiger partial charge in [0.1, 0.15) is 0 Å². The first-order valence-electron chi connectivity index (χ1n) is 5.28. The van der Waals surface area contributed by atoms with Crippen molar-refractivity contribution in [2.45, 2.75) is 26.3 Å².